The summed E-state index contributed by atoms with van der Waals surface area (Å²) in [4.78, 5) is 4.77. The fraction of sp³-hybridized carbons (Fsp3) is 1.00. The second-order valence-electron chi connectivity index (χ2n) is 4.43. The van der Waals surface area contributed by atoms with Gasteiger partial charge in [-0.2, -0.15) is 0 Å². The summed E-state index contributed by atoms with van der Waals surface area (Å²) in [7, 11) is 0. The monoisotopic (exact) mass is 267 g/mol. The summed E-state index contributed by atoms with van der Waals surface area (Å²) in [6.45, 7) is -1.52. The molecule has 0 aromatic heterocycles. The molecular formula is C10H21NO7. The van der Waals surface area contributed by atoms with E-state index in [0.29, 0.717) is 0 Å². The van der Waals surface area contributed by atoms with E-state index in [4.69, 9.17) is 25.7 Å². The van der Waals surface area contributed by atoms with Gasteiger partial charge in [-0.25, -0.2) is 5.90 Å². The SMILES string of the molecule is NO[C@@](CO)(CCO)[C@@]1(CCO)OC[C@H](O)[C@H]1O. The first-order valence-corrected chi connectivity index (χ1v) is 5.74. The molecule has 1 aliphatic rings. The summed E-state index contributed by atoms with van der Waals surface area (Å²) in [5, 5.41) is 47.3. The third-order valence-electron chi connectivity index (χ3n) is 3.60. The van der Waals surface area contributed by atoms with Crippen LogP contribution < -0.4 is 5.90 Å². The zero-order chi connectivity index (χ0) is 13.8. The van der Waals surface area contributed by atoms with Crippen LogP contribution >= 0.6 is 0 Å². The lowest BCUT2D eigenvalue weighted by Gasteiger charge is -2.46. The largest absolute Gasteiger partial charge is 0.396 e. The van der Waals surface area contributed by atoms with Gasteiger partial charge in [0.05, 0.1) is 13.2 Å². The maximum Gasteiger partial charge on any atom is 0.146 e. The second-order valence-corrected chi connectivity index (χ2v) is 4.43. The molecule has 8 nitrogen and oxygen atoms in total. The zero-order valence-corrected chi connectivity index (χ0v) is 10.0. The van der Waals surface area contributed by atoms with E-state index in [1.165, 1.54) is 0 Å². The van der Waals surface area contributed by atoms with Crippen LogP contribution in [0.4, 0.5) is 0 Å². The van der Waals surface area contributed by atoms with Gasteiger partial charge in [-0.15, -0.1) is 0 Å². The van der Waals surface area contributed by atoms with Crippen LogP contribution in [0.5, 0.6) is 0 Å². The molecule has 1 heterocycles. The molecule has 0 unspecified atom stereocenters. The number of ether oxygens (including phenoxy) is 1. The first-order chi connectivity index (χ1) is 8.53. The van der Waals surface area contributed by atoms with Crippen molar-refractivity contribution in [2.75, 3.05) is 26.4 Å². The summed E-state index contributed by atoms with van der Waals surface area (Å²) in [5.41, 5.74) is -3.16. The third kappa shape index (κ3) is 2.26. The Morgan fingerprint density at radius 3 is 2.28 bits per heavy atom. The number of rotatable bonds is 7. The molecule has 0 aromatic rings. The molecule has 8 heteroatoms. The van der Waals surface area contributed by atoms with Gasteiger partial charge in [-0.1, -0.05) is 0 Å². The summed E-state index contributed by atoms with van der Waals surface area (Å²) >= 11 is 0. The van der Waals surface area contributed by atoms with E-state index in [9.17, 15) is 15.3 Å². The van der Waals surface area contributed by atoms with E-state index < -0.39 is 30.0 Å². The molecule has 0 amide bonds. The Morgan fingerprint density at radius 1 is 1.28 bits per heavy atom. The molecule has 1 saturated heterocycles. The number of aliphatic hydroxyl groups is 5. The van der Waals surface area contributed by atoms with E-state index in [0.717, 1.165) is 0 Å². The molecule has 1 rings (SSSR count). The maximum absolute atomic E-state index is 10.0. The Kier molecular flexibility index (Phi) is 5.44. The fourth-order valence-corrected chi connectivity index (χ4v) is 2.54. The Labute approximate surface area is 105 Å². The molecule has 1 fully saturated rings. The van der Waals surface area contributed by atoms with Crippen LogP contribution in [-0.4, -0.2) is 75.4 Å². The minimum Gasteiger partial charge on any atom is -0.396 e. The van der Waals surface area contributed by atoms with Gasteiger partial charge in [0, 0.05) is 26.1 Å². The number of aliphatic hydroxyl groups excluding tert-OH is 5. The van der Waals surface area contributed by atoms with Gasteiger partial charge in [0.15, 0.2) is 0 Å². The van der Waals surface area contributed by atoms with Crippen molar-refractivity contribution in [2.45, 2.75) is 36.3 Å². The normalized spacial score (nSPS) is 35.7. The fourth-order valence-electron chi connectivity index (χ4n) is 2.54. The standard InChI is InChI=1S/C10H21NO7/c11-18-9(6-14,1-3-12)10(2-4-13)8(16)7(15)5-17-10/h7-8,12-16H,1-6,11H2/t7-,8+,9+,10-/m0/s1. The van der Waals surface area contributed by atoms with Crippen molar-refractivity contribution in [1.29, 1.82) is 0 Å². The topological polar surface area (TPSA) is 146 Å². The van der Waals surface area contributed by atoms with Crippen molar-refractivity contribution in [1.82, 2.24) is 0 Å². The van der Waals surface area contributed by atoms with Gasteiger partial charge >= 0.3 is 0 Å². The van der Waals surface area contributed by atoms with Crippen LogP contribution in [0.15, 0.2) is 0 Å². The van der Waals surface area contributed by atoms with E-state index in [1.54, 1.807) is 0 Å². The Hall–Kier alpha value is -0.320. The maximum atomic E-state index is 10.0. The third-order valence-corrected chi connectivity index (χ3v) is 3.60. The molecule has 0 aromatic carbocycles. The quantitative estimate of drug-likeness (QED) is 0.265. The minimum absolute atomic E-state index is 0.0943. The Bertz CT molecular complexity index is 257. The van der Waals surface area contributed by atoms with Crippen LogP contribution in [0, 0.1) is 0 Å². The van der Waals surface area contributed by atoms with Gasteiger partial charge in [-0.05, 0) is 0 Å². The summed E-state index contributed by atoms with van der Waals surface area (Å²) in [5.74, 6) is 5.18. The van der Waals surface area contributed by atoms with Crippen LogP contribution in [0.25, 0.3) is 0 Å². The average Bonchev–Trinajstić information content (AvgIpc) is 2.66. The lowest BCUT2D eigenvalue weighted by atomic mass is 9.74. The van der Waals surface area contributed by atoms with E-state index in [1.807, 2.05) is 0 Å². The molecule has 4 atom stereocenters. The predicted octanol–water partition coefficient (Wildman–Crippen LogP) is -3.14. The molecule has 0 spiro atoms. The molecule has 0 bridgehead atoms. The smallest absolute Gasteiger partial charge is 0.146 e. The number of hydrogen-bond acceptors (Lipinski definition) is 8. The molecule has 18 heavy (non-hydrogen) atoms. The van der Waals surface area contributed by atoms with E-state index >= 15 is 0 Å². The van der Waals surface area contributed by atoms with Crippen molar-refractivity contribution < 1.29 is 35.1 Å². The first kappa shape index (κ1) is 15.7. The molecule has 0 saturated carbocycles. The number of hydrogen-bond donors (Lipinski definition) is 6. The average molecular weight is 267 g/mol. The summed E-state index contributed by atoms with van der Waals surface area (Å²) in [6, 6.07) is 0. The molecule has 0 radical (unpaired) electrons. The van der Waals surface area contributed by atoms with Gasteiger partial charge in [-0.3, -0.25) is 4.84 Å². The van der Waals surface area contributed by atoms with Crippen molar-refractivity contribution in [3.05, 3.63) is 0 Å². The molecular weight excluding hydrogens is 246 g/mol. The highest BCUT2D eigenvalue weighted by Gasteiger charge is 2.62. The predicted molar refractivity (Wildman–Crippen MR) is 59.2 cm³/mol. The van der Waals surface area contributed by atoms with Crippen molar-refractivity contribution >= 4 is 0 Å². The van der Waals surface area contributed by atoms with Gasteiger partial charge in [0.2, 0.25) is 0 Å². The molecule has 108 valence electrons. The lowest BCUT2D eigenvalue weighted by molar-refractivity contribution is -0.245. The van der Waals surface area contributed by atoms with Crippen LogP contribution in [-0.2, 0) is 9.57 Å². The summed E-state index contributed by atoms with van der Waals surface area (Å²) in [6.07, 6.45) is -2.75. The highest BCUT2D eigenvalue weighted by molar-refractivity contribution is 5.11. The van der Waals surface area contributed by atoms with Gasteiger partial charge in [0.1, 0.15) is 23.4 Å². The molecule has 1 aliphatic heterocycles. The minimum atomic E-state index is -1.60. The zero-order valence-electron chi connectivity index (χ0n) is 10.0. The Morgan fingerprint density at radius 2 is 1.94 bits per heavy atom. The Balaban J connectivity index is 3.15. The summed E-state index contributed by atoms with van der Waals surface area (Å²) < 4.78 is 5.37. The highest BCUT2D eigenvalue weighted by Crippen LogP contribution is 2.42. The second kappa shape index (κ2) is 6.22. The molecule has 7 N–H and O–H groups in total. The van der Waals surface area contributed by atoms with E-state index in [2.05, 4.69) is 0 Å². The molecule has 0 aliphatic carbocycles. The van der Waals surface area contributed by atoms with E-state index in [-0.39, 0.29) is 32.7 Å². The number of nitrogens with two attached hydrogens (primary N) is 1. The van der Waals surface area contributed by atoms with Crippen molar-refractivity contribution in [3.63, 3.8) is 0 Å². The first-order valence-electron chi connectivity index (χ1n) is 5.74. The van der Waals surface area contributed by atoms with Gasteiger partial charge < -0.3 is 30.3 Å². The van der Waals surface area contributed by atoms with Crippen molar-refractivity contribution in [3.8, 4) is 0 Å². The van der Waals surface area contributed by atoms with Crippen LogP contribution in [0.2, 0.25) is 0 Å². The van der Waals surface area contributed by atoms with Crippen molar-refractivity contribution in [2.24, 2.45) is 5.90 Å². The van der Waals surface area contributed by atoms with Crippen LogP contribution in [0.3, 0.4) is 0 Å². The van der Waals surface area contributed by atoms with Gasteiger partial charge in [0.25, 0.3) is 0 Å². The highest BCUT2D eigenvalue weighted by atomic mass is 16.7. The van der Waals surface area contributed by atoms with Crippen LogP contribution in [0.1, 0.15) is 12.8 Å². The lowest BCUT2D eigenvalue weighted by Crippen LogP contribution is -2.66.